The predicted molar refractivity (Wildman–Crippen MR) is 97.1 cm³/mol. The van der Waals surface area contributed by atoms with E-state index in [2.05, 4.69) is 25.0 Å². The van der Waals surface area contributed by atoms with Crippen LogP contribution in [0, 0.1) is 10.1 Å². The first-order valence-electron chi connectivity index (χ1n) is 8.89. The number of benzene rings is 1. The van der Waals surface area contributed by atoms with E-state index in [9.17, 15) is 10.1 Å². The number of halogens is 1. The van der Waals surface area contributed by atoms with Crippen molar-refractivity contribution >= 4 is 17.3 Å². The van der Waals surface area contributed by atoms with Gasteiger partial charge in [0.1, 0.15) is 11.6 Å². The molecule has 0 aliphatic carbocycles. The molecule has 0 atom stereocenters. The van der Waals surface area contributed by atoms with Gasteiger partial charge in [-0.1, -0.05) is 11.6 Å². The average molecular weight is 377 g/mol. The molecule has 1 N–H and O–H groups in total. The van der Waals surface area contributed by atoms with Crippen LogP contribution in [-0.2, 0) is 19.6 Å². The molecule has 0 unspecified atom stereocenters. The van der Waals surface area contributed by atoms with Crippen molar-refractivity contribution in [3.63, 3.8) is 0 Å². The van der Waals surface area contributed by atoms with Gasteiger partial charge in [0, 0.05) is 42.7 Å². The second kappa shape index (κ2) is 7.30. The van der Waals surface area contributed by atoms with Crippen molar-refractivity contribution in [2.24, 2.45) is 0 Å². The van der Waals surface area contributed by atoms with Gasteiger partial charge in [-0.2, -0.15) is 0 Å². The van der Waals surface area contributed by atoms with Gasteiger partial charge in [0.2, 0.25) is 0 Å². The number of nitrogens with one attached hydrogen (secondary N) is 1. The lowest BCUT2D eigenvalue weighted by atomic mass is 9.95. The molecule has 8 nitrogen and oxygen atoms in total. The Kier molecular flexibility index (Phi) is 4.88. The summed E-state index contributed by atoms with van der Waals surface area (Å²) in [6.07, 6.45) is 2.02. The molecular formula is C17H21ClN6O2. The third-order valence-corrected chi connectivity index (χ3v) is 5.61. The smallest absolute Gasteiger partial charge is 0.269 e. The van der Waals surface area contributed by atoms with E-state index in [0.29, 0.717) is 17.5 Å². The van der Waals surface area contributed by atoms with Crippen molar-refractivity contribution in [3.05, 3.63) is 50.5 Å². The van der Waals surface area contributed by atoms with Gasteiger partial charge in [-0.3, -0.25) is 15.0 Å². The Bertz CT molecular complexity index is 816. The summed E-state index contributed by atoms with van der Waals surface area (Å²) in [6, 6.07) is 4.63. The van der Waals surface area contributed by atoms with Crippen LogP contribution in [0.5, 0.6) is 0 Å². The number of aromatic nitrogens is 3. The highest BCUT2D eigenvalue weighted by Crippen LogP contribution is 2.30. The van der Waals surface area contributed by atoms with Gasteiger partial charge in [-0.05, 0) is 37.6 Å². The number of nitro groups is 1. The molecular weight excluding hydrogens is 356 g/mol. The molecule has 1 aromatic heterocycles. The third kappa shape index (κ3) is 3.44. The first kappa shape index (κ1) is 17.4. The molecule has 9 heteroatoms. The average Bonchev–Trinajstić information content (AvgIpc) is 3.08. The topological polar surface area (TPSA) is 89.1 Å². The maximum Gasteiger partial charge on any atom is 0.269 e. The van der Waals surface area contributed by atoms with E-state index < -0.39 is 0 Å². The summed E-state index contributed by atoms with van der Waals surface area (Å²) in [5.41, 5.74) is 0.897. The van der Waals surface area contributed by atoms with Gasteiger partial charge in [0.05, 0.1) is 11.5 Å². The van der Waals surface area contributed by atoms with E-state index in [0.717, 1.165) is 62.8 Å². The standard InChI is InChI=1S/C17H21ClN6O2/c18-15-2-1-14(24(25)26)9-13(15)11-22-6-3-12(4-7-22)17-21-20-16-10-19-5-8-23(16)17/h1-2,9,12,19H,3-8,10-11H2. The predicted octanol–water partition coefficient (Wildman–Crippen LogP) is 2.32. The lowest BCUT2D eigenvalue weighted by Gasteiger charge is -2.32. The Labute approximate surface area is 156 Å². The number of rotatable bonds is 4. The monoisotopic (exact) mass is 376 g/mol. The maximum absolute atomic E-state index is 11.0. The zero-order valence-electron chi connectivity index (χ0n) is 14.4. The maximum atomic E-state index is 11.0. The van der Waals surface area contributed by atoms with Crippen molar-refractivity contribution in [2.45, 2.75) is 38.4 Å². The number of fused-ring (bicyclic) bond motifs is 1. The van der Waals surface area contributed by atoms with Crippen molar-refractivity contribution in [2.75, 3.05) is 19.6 Å². The lowest BCUT2D eigenvalue weighted by Crippen LogP contribution is -2.34. The van der Waals surface area contributed by atoms with Gasteiger partial charge in [0.25, 0.3) is 5.69 Å². The van der Waals surface area contributed by atoms with Crippen LogP contribution < -0.4 is 5.32 Å². The molecule has 138 valence electrons. The number of hydrogen-bond donors (Lipinski definition) is 1. The molecule has 0 radical (unpaired) electrons. The van der Waals surface area contributed by atoms with Gasteiger partial charge in [-0.15, -0.1) is 10.2 Å². The van der Waals surface area contributed by atoms with E-state index in [-0.39, 0.29) is 10.6 Å². The number of non-ortho nitro benzene ring substituents is 1. The Hall–Kier alpha value is -2.03. The van der Waals surface area contributed by atoms with E-state index >= 15 is 0 Å². The number of likely N-dealkylation sites (tertiary alicyclic amines) is 1. The number of nitro benzene ring substituents is 1. The Balaban J connectivity index is 1.41. The minimum atomic E-state index is -0.380. The fourth-order valence-electron chi connectivity index (χ4n) is 3.80. The SMILES string of the molecule is O=[N+]([O-])c1ccc(Cl)c(CN2CCC(c3nnc4n3CCNC4)CC2)c1. The molecule has 0 amide bonds. The second-order valence-corrected chi connectivity index (χ2v) is 7.29. The summed E-state index contributed by atoms with van der Waals surface area (Å²) in [5.74, 6) is 2.55. The van der Waals surface area contributed by atoms with E-state index in [4.69, 9.17) is 11.6 Å². The molecule has 2 aliphatic heterocycles. The summed E-state index contributed by atoms with van der Waals surface area (Å²) in [4.78, 5) is 12.9. The van der Waals surface area contributed by atoms with Crippen LogP contribution in [0.1, 0.15) is 36.0 Å². The minimum absolute atomic E-state index is 0.0861. The molecule has 0 saturated carbocycles. The highest BCUT2D eigenvalue weighted by Gasteiger charge is 2.27. The molecule has 2 aromatic rings. The summed E-state index contributed by atoms with van der Waals surface area (Å²) < 4.78 is 2.26. The van der Waals surface area contributed by atoms with Crippen molar-refractivity contribution < 1.29 is 4.92 Å². The second-order valence-electron chi connectivity index (χ2n) is 6.89. The molecule has 0 spiro atoms. The summed E-state index contributed by atoms with van der Waals surface area (Å²) in [5, 5.41) is 23.6. The molecule has 3 heterocycles. The van der Waals surface area contributed by atoms with Crippen LogP contribution in [0.4, 0.5) is 5.69 Å². The highest BCUT2D eigenvalue weighted by atomic mass is 35.5. The first-order chi connectivity index (χ1) is 12.6. The van der Waals surface area contributed by atoms with Crippen LogP contribution in [0.2, 0.25) is 5.02 Å². The normalized spacial score (nSPS) is 18.7. The van der Waals surface area contributed by atoms with E-state index in [1.165, 1.54) is 6.07 Å². The van der Waals surface area contributed by atoms with Crippen LogP contribution in [0.3, 0.4) is 0 Å². The van der Waals surface area contributed by atoms with Crippen LogP contribution in [0.25, 0.3) is 0 Å². The fraction of sp³-hybridized carbons (Fsp3) is 0.529. The number of piperidine rings is 1. The van der Waals surface area contributed by atoms with Crippen LogP contribution >= 0.6 is 11.6 Å². The van der Waals surface area contributed by atoms with Gasteiger partial charge >= 0.3 is 0 Å². The van der Waals surface area contributed by atoms with Crippen molar-refractivity contribution in [1.29, 1.82) is 0 Å². The summed E-state index contributed by atoms with van der Waals surface area (Å²) in [6.45, 7) is 5.16. The molecule has 1 fully saturated rings. The molecule has 0 bridgehead atoms. The van der Waals surface area contributed by atoms with Gasteiger partial charge in [-0.25, -0.2) is 0 Å². The third-order valence-electron chi connectivity index (χ3n) is 5.24. The molecule has 2 aliphatic rings. The Morgan fingerprint density at radius 2 is 2.08 bits per heavy atom. The van der Waals surface area contributed by atoms with Crippen molar-refractivity contribution in [1.82, 2.24) is 25.0 Å². The first-order valence-corrected chi connectivity index (χ1v) is 9.27. The number of hydrogen-bond acceptors (Lipinski definition) is 6. The van der Waals surface area contributed by atoms with Crippen LogP contribution in [0.15, 0.2) is 18.2 Å². The molecule has 1 aromatic carbocycles. The van der Waals surface area contributed by atoms with Gasteiger partial charge in [0.15, 0.2) is 0 Å². The molecule has 4 rings (SSSR count). The summed E-state index contributed by atoms with van der Waals surface area (Å²) in [7, 11) is 0. The molecule has 1 saturated heterocycles. The highest BCUT2D eigenvalue weighted by molar-refractivity contribution is 6.31. The summed E-state index contributed by atoms with van der Waals surface area (Å²) >= 11 is 6.23. The lowest BCUT2D eigenvalue weighted by molar-refractivity contribution is -0.384. The zero-order valence-corrected chi connectivity index (χ0v) is 15.2. The quantitative estimate of drug-likeness (QED) is 0.650. The fourth-order valence-corrected chi connectivity index (χ4v) is 3.98. The Morgan fingerprint density at radius 1 is 1.27 bits per heavy atom. The number of nitrogens with zero attached hydrogens (tertiary/aromatic N) is 5. The molecule has 26 heavy (non-hydrogen) atoms. The van der Waals surface area contributed by atoms with Gasteiger partial charge < -0.3 is 9.88 Å². The van der Waals surface area contributed by atoms with E-state index in [1.807, 2.05) is 0 Å². The largest absolute Gasteiger partial charge is 0.312 e. The van der Waals surface area contributed by atoms with Crippen molar-refractivity contribution in [3.8, 4) is 0 Å². The van der Waals surface area contributed by atoms with Crippen LogP contribution in [-0.4, -0.2) is 44.2 Å². The minimum Gasteiger partial charge on any atom is -0.312 e. The zero-order chi connectivity index (χ0) is 18.1. The Morgan fingerprint density at radius 3 is 2.85 bits per heavy atom. The van der Waals surface area contributed by atoms with E-state index in [1.54, 1.807) is 12.1 Å².